The van der Waals surface area contributed by atoms with Crippen molar-refractivity contribution in [3.63, 3.8) is 0 Å². The lowest BCUT2D eigenvalue weighted by molar-refractivity contribution is -0.153. The van der Waals surface area contributed by atoms with Gasteiger partial charge in [-0.25, -0.2) is 4.79 Å². The second-order valence-corrected chi connectivity index (χ2v) is 11.8. The normalized spacial score (nSPS) is 11.9. The van der Waals surface area contributed by atoms with E-state index in [1.165, 1.54) is 19.4 Å². The van der Waals surface area contributed by atoms with Gasteiger partial charge in [0.2, 0.25) is 0 Å². The number of amides is 1. The molecule has 0 aromatic heterocycles. The molecule has 232 valence electrons. The highest BCUT2D eigenvalue weighted by Gasteiger charge is 2.37. The number of nitrogens with one attached hydrogen (secondary N) is 1. The average Bonchev–Trinajstić information content (AvgIpc) is 2.94. The molecule has 0 saturated carbocycles. The number of carboxylic acids is 2. The minimum atomic E-state index is -1.28. The van der Waals surface area contributed by atoms with Crippen molar-refractivity contribution in [1.82, 2.24) is 5.32 Å². The molecule has 3 rings (SSSR count). The van der Waals surface area contributed by atoms with Crippen LogP contribution in [0.1, 0.15) is 68.1 Å². The van der Waals surface area contributed by atoms with E-state index in [1.807, 2.05) is 51.1 Å². The molecule has 0 aliphatic rings. The summed E-state index contributed by atoms with van der Waals surface area (Å²) < 4.78 is 11.3. The maximum absolute atomic E-state index is 12.0. The quantitative estimate of drug-likeness (QED) is 0.199. The minimum Gasteiger partial charge on any atom is -0.489 e. The summed E-state index contributed by atoms with van der Waals surface area (Å²) in [6.07, 6.45) is 0.977. The molecule has 3 N–H and O–H groups in total. The van der Waals surface area contributed by atoms with E-state index in [9.17, 15) is 19.5 Å². The van der Waals surface area contributed by atoms with Gasteiger partial charge in [-0.05, 0) is 108 Å². The van der Waals surface area contributed by atoms with E-state index >= 15 is 0 Å². The van der Waals surface area contributed by atoms with E-state index in [1.54, 1.807) is 50.2 Å². The van der Waals surface area contributed by atoms with Crippen molar-refractivity contribution in [2.24, 2.45) is 5.41 Å². The molecule has 9 heteroatoms. The Bertz CT molecular complexity index is 1380. The van der Waals surface area contributed by atoms with Crippen LogP contribution in [0.3, 0.4) is 0 Å². The molecule has 0 fully saturated rings. The SMILES string of the molecule is CC(C)(Oc1ccc(CCNC(=O)c2ccc(Cl)cc2)cc1)C(=O)O.CCC(Oc1ccc(C)cc1C)C(C)(C)C(=O)O. The van der Waals surface area contributed by atoms with Crippen LogP contribution in [-0.2, 0) is 16.0 Å². The monoisotopic (exact) mass is 611 g/mol. The number of ether oxygens (including phenoxy) is 2. The van der Waals surface area contributed by atoms with E-state index in [0.29, 0.717) is 35.7 Å². The van der Waals surface area contributed by atoms with Crippen LogP contribution in [0.15, 0.2) is 66.7 Å². The number of carboxylic acid groups (broad SMARTS) is 2. The van der Waals surface area contributed by atoms with Crippen LogP contribution in [0.4, 0.5) is 0 Å². The molecule has 1 amide bonds. The highest BCUT2D eigenvalue weighted by Crippen LogP contribution is 2.30. The molecule has 0 radical (unpaired) electrons. The van der Waals surface area contributed by atoms with Gasteiger partial charge in [0.1, 0.15) is 17.6 Å². The summed E-state index contributed by atoms with van der Waals surface area (Å²) in [4.78, 5) is 34.3. The van der Waals surface area contributed by atoms with Crippen LogP contribution in [0, 0.1) is 19.3 Å². The van der Waals surface area contributed by atoms with Crippen LogP contribution in [0.25, 0.3) is 0 Å². The van der Waals surface area contributed by atoms with E-state index < -0.39 is 23.0 Å². The summed E-state index contributed by atoms with van der Waals surface area (Å²) in [5.41, 5.74) is 1.60. The maximum Gasteiger partial charge on any atom is 0.347 e. The number of carbonyl (C=O) groups excluding carboxylic acids is 1. The van der Waals surface area contributed by atoms with Gasteiger partial charge in [-0.15, -0.1) is 0 Å². The van der Waals surface area contributed by atoms with Crippen molar-refractivity contribution in [3.8, 4) is 11.5 Å². The average molecular weight is 612 g/mol. The second kappa shape index (κ2) is 15.4. The third kappa shape index (κ3) is 10.6. The zero-order valence-corrected chi connectivity index (χ0v) is 26.6. The Morgan fingerprint density at radius 2 is 1.49 bits per heavy atom. The van der Waals surface area contributed by atoms with Crippen LogP contribution in [0.2, 0.25) is 5.02 Å². The molecule has 8 nitrogen and oxygen atoms in total. The van der Waals surface area contributed by atoms with E-state index in [-0.39, 0.29) is 12.0 Å². The number of hydrogen-bond acceptors (Lipinski definition) is 5. The number of hydrogen-bond donors (Lipinski definition) is 3. The fraction of sp³-hybridized carbons (Fsp3) is 0.382. The predicted molar refractivity (Wildman–Crippen MR) is 168 cm³/mol. The first-order chi connectivity index (χ1) is 20.1. The lowest BCUT2D eigenvalue weighted by Gasteiger charge is -2.30. The molecule has 3 aromatic rings. The standard InChI is InChI=1S/C19H20ClNO4.C15H22O3/c1-19(2,18(23)24)25-16-9-3-13(4-10-16)11-12-21-17(22)14-5-7-15(20)8-6-14;1-6-13(15(4,5)14(16)17)18-12-8-7-10(2)9-11(12)3/h3-10H,11-12H2,1-2H3,(H,21,22)(H,23,24);7-9,13H,6H2,1-5H3,(H,16,17). The van der Waals surface area contributed by atoms with Gasteiger partial charge >= 0.3 is 11.9 Å². The van der Waals surface area contributed by atoms with Gasteiger partial charge in [-0.3, -0.25) is 9.59 Å². The molecule has 0 aliphatic carbocycles. The predicted octanol–water partition coefficient (Wildman–Crippen LogP) is 7.13. The van der Waals surface area contributed by atoms with E-state index in [0.717, 1.165) is 16.9 Å². The molecule has 1 atom stereocenters. The fourth-order valence-corrected chi connectivity index (χ4v) is 4.18. The van der Waals surface area contributed by atoms with Crippen LogP contribution in [0.5, 0.6) is 11.5 Å². The second-order valence-electron chi connectivity index (χ2n) is 11.4. The lowest BCUT2D eigenvalue weighted by atomic mass is 9.85. The molecule has 0 saturated heterocycles. The molecule has 0 aliphatic heterocycles. The maximum atomic E-state index is 12.0. The van der Waals surface area contributed by atoms with Gasteiger partial charge < -0.3 is 25.0 Å². The molecular formula is C34H42ClNO7. The fourth-order valence-electron chi connectivity index (χ4n) is 4.05. The van der Waals surface area contributed by atoms with Gasteiger partial charge in [0, 0.05) is 17.1 Å². The van der Waals surface area contributed by atoms with Crippen LogP contribution in [-0.4, -0.2) is 46.3 Å². The summed E-state index contributed by atoms with van der Waals surface area (Å²) in [7, 11) is 0. The van der Waals surface area contributed by atoms with Crippen LogP contribution < -0.4 is 14.8 Å². The van der Waals surface area contributed by atoms with Gasteiger partial charge in [0.25, 0.3) is 5.91 Å². The topological polar surface area (TPSA) is 122 Å². The molecule has 0 heterocycles. The lowest BCUT2D eigenvalue weighted by Crippen LogP contribution is -2.40. The van der Waals surface area contributed by atoms with Gasteiger partial charge in [-0.1, -0.05) is 48.4 Å². The summed E-state index contributed by atoms with van der Waals surface area (Å²) in [6, 6.07) is 19.8. The summed E-state index contributed by atoms with van der Waals surface area (Å²) in [5.74, 6) is -0.761. The highest BCUT2D eigenvalue weighted by molar-refractivity contribution is 6.30. The summed E-state index contributed by atoms with van der Waals surface area (Å²) in [5, 5.41) is 21.7. The zero-order valence-electron chi connectivity index (χ0n) is 25.9. The Morgan fingerprint density at radius 1 is 0.884 bits per heavy atom. The highest BCUT2D eigenvalue weighted by atomic mass is 35.5. The van der Waals surface area contributed by atoms with Crippen LogP contribution >= 0.6 is 11.6 Å². The first-order valence-corrected chi connectivity index (χ1v) is 14.5. The molecule has 43 heavy (non-hydrogen) atoms. The number of rotatable bonds is 12. The Morgan fingerprint density at radius 3 is 2.00 bits per heavy atom. The number of aryl methyl sites for hydroxylation is 2. The Hall–Kier alpha value is -4.04. The number of halogens is 1. The van der Waals surface area contributed by atoms with Crippen molar-refractivity contribution in [2.75, 3.05) is 6.54 Å². The molecular weight excluding hydrogens is 570 g/mol. The van der Waals surface area contributed by atoms with Crippen molar-refractivity contribution in [2.45, 2.75) is 73.0 Å². The van der Waals surface area contributed by atoms with Crippen molar-refractivity contribution in [3.05, 3.63) is 94.0 Å². The smallest absolute Gasteiger partial charge is 0.347 e. The van der Waals surface area contributed by atoms with Crippen molar-refractivity contribution < 1.29 is 34.1 Å². The summed E-state index contributed by atoms with van der Waals surface area (Å²) in [6.45, 7) is 12.8. The number of carbonyl (C=O) groups is 3. The minimum absolute atomic E-state index is 0.153. The van der Waals surface area contributed by atoms with Gasteiger partial charge in [-0.2, -0.15) is 0 Å². The Balaban J connectivity index is 0.000000317. The summed E-state index contributed by atoms with van der Waals surface area (Å²) >= 11 is 5.80. The van der Waals surface area contributed by atoms with Gasteiger partial charge in [0.15, 0.2) is 5.60 Å². The third-order valence-corrected chi connectivity index (χ3v) is 7.20. The van der Waals surface area contributed by atoms with Crippen molar-refractivity contribution in [1.29, 1.82) is 0 Å². The molecule has 0 spiro atoms. The zero-order chi connectivity index (χ0) is 32.4. The Labute approximate surface area is 259 Å². The largest absolute Gasteiger partial charge is 0.489 e. The van der Waals surface area contributed by atoms with E-state index in [2.05, 4.69) is 5.32 Å². The van der Waals surface area contributed by atoms with Crippen molar-refractivity contribution >= 4 is 29.4 Å². The molecule has 0 bridgehead atoms. The first kappa shape index (κ1) is 35.2. The van der Waals surface area contributed by atoms with E-state index in [4.69, 9.17) is 26.2 Å². The number of benzene rings is 3. The molecule has 1 unspecified atom stereocenters. The third-order valence-electron chi connectivity index (χ3n) is 6.94. The Kier molecular flexibility index (Phi) is 12.6. The van der Waals surface area contributed by atoms with Gasteiger partial charge in [0.05, 0.1) is 5.41 Å². The number of aliphatic carboxylic acids is 2. The molecule has 3 aromatic carbocycles. The first-order valence-electron chi connectivity index (χ1n) is 14.1.